The van der Waals surface area contributed by atoms with E-state index < -0.39 is 27.2 Å². The molecule has 5 nitrogen and oxygen atoms in total. The molecule has 0 spiro atoms. The molecule has 0 bridgehead atoms. The third-order valence-electron chi connectivity index (χ3n) is 4.35. The molecule has 2 rings (SSSR count). The van der Waals surface area contributed by atoms with Crippen molar-refractivity contribution >= 4 is 13.5 Å². The molecule has 0 unspecified atom stereocenters. The van der Waals surface area contributed by atoms with Crippen LogP contribution in [-0.2, 0) is 54.7 Å². The molecule has 0 amide bonds. The first-order chi connectivity index (χ1) is 13.5. The van der Waals surface area contributed by atoms with Crippen LogP contribution in [0.3, 0.4) is 0 Å². The Hall–Kier alpha value is -1.07. The second-order valence-corrected chi connectivity index (χ2v) is 10.2. The number of benzene rings is 2. The van der Waals surface area contributed by atoms with Gasteiger partial charge in [-0.15, -0.1) is 0 Å². The molecule has 0 fully saturated rings. The molecule has 0 aliphatic rings. The molecule has 0 heterocycles. The van der Waals surface area contributed by atoms with E-state index in [9.17, 15) is 23.1 Å². The SMILES string of the molecule is CCCCC[CH2][Co](=[O])[c]1cc[c]([Co](=[O])[c]2cc(CO)c(CO)c(CO)c2)cc1. The van der Waals surface area contributed by atoms with Crippen LogP contribution in [0.5, 0.6) is 0 Å². The normalized spacial score (nSPS) is 12.1. The molecule has 0 atom stereocenters. The van der Waals surface area contributed by atoms with Gasteiger partial charge in [-0.05, 0) is 0 Å². The molecule has 3 N–H and O–H groups in total. The Morgan fingerprint density at radius 3 is 1.82 bits per heavy atom. The van der Waals surface area contributed by atoms with E-state index in [0.29, 0.717) is 31.0 Å². The van der Waals surface area contributed by atoms with Crippen molar-refractivity contribution in [2.45, 2.75) is 57.8 Å². The second-order valence-electron chi connectivity index (χ2n) is 6.26. The van der Waals surface area contributed by atoms with Gasteiger partial charge in [0.25, 0.3) is 0 Å². The van der Waals surface area contributed by atoms with Crippen molar-refractivity contribution in [3.05, 3.63) is 53.1 Å². The summed E-state index contributed by atoms with van der Waals surface area (Å²) in [5.74, 6) is 0. The van der Waals surface area contributed by atoms with Gasteiger partial charge in [-0.3, -0.25) is 0 Å². The minimum absolute atomic E-state index is 0.303. The van der Waals surface area contributed by atoms with Gasteiger partial charge in [0, 0.05) is 0 Å². The standard InChI is InChI=1S/C9H11O3.C6H4.C6H13.2Co.2O/c10-4-7-2-1-3-8(5-11)9(7)6-12;1-2-4-6-5-3-1;1-3-5-6-4-2;;;;/h2-3,10-12H,4-6H2;1-2,5-6H;1,3-6H2,2H3;;;;. The molecular weight excluding hydrogens is 450 g/mol. The van der Waals surface area contributed by atoms with Crippen LogP contribution in [0.2, 0.25) is 5.36 Å². The Morgan fingerprint density at radius 1 is 0.750 bits per heavy atom. The molecule has 0 aromatic heterocycles. The van der Waals surface area contributed by atoms with Crippen molar-refractivity contribution < 1.29 is 50.2 Å². The summed E-state index contributed by atoms with van der Waals surface area (Å²) in [7, 11) is 0. The van der Waals surface area contributed by atoms with Crippen LogP contribution in [0.1, 0.15) is 49.3 Å². The van der Waals surface area contributed by atoms with Crippen molar-refractivity contribution in [1.29, 1.82) is 0 Å². The summed E-state index contributed by atoms with van der Waals surface area (Å²) >= 11 is -3.32. The molecule has 2 aromatic rings. The van der Waals surface area contributed by atoms with Crippen molar-refractivity contribution in [1.82, 2.24) is 0 Å². The maximum absolute atomic E-state index is 13.0. The van der Waals surface area contributed by atoms with Crippen LogP contribution in [0, 0.1) is 0 Å². The van der Waals surface area contributed by atoms with Gasteiger partial charge in [-0.2, -0.15) is 0 Å². The van der Waals surface area contributed by atoms with Gasteiger partial charge in [-0.1, -0.05) is 0 Å². The minimum atomic E-state index is -1.90. The predicted molar refractivity (Wildman–Crippen MR) is 99.9 cm³/mol. The molecule has 160 valence electrons. The fraction of sp³-hybridized carbons (Fsp3) is 0.429. The number of aliphatic hydroxyl groups excluding tert-OH is 3. The van der Waals surface area contributed by atoms with Gasteiger partial charge < -0.3 is 0 Å². The van der Waals surface area contributed by atoms with Crippen LogP contribution < -0.4 is 13.5 Å². The first-order valence-electron chi connectivity index (χ1n) is 9.20. The maximum atomic E-state index is 13.0. The summed E-state index contributed by atoms with van der Waals surface area (Å²) in [4.78, 5) is 0. The molecule has 0 aliphatic heterocycles. The average molecular weight is 478 g/mol. The number of hydrogen-bond donors (Lipinski definition) is 3. The van der Waals surface area contributed by atoms with Crippen LogP contribution >= 0.6 is 0 Å². The Labute approximate surface area is 174 Å². The van der Waals surface area contributed by atoms with Gasteiger partial charge in [0.15, 0.2) is 0 Å². The average Bonchev–Trinajstić information content (AvgIpc) is 2.74. The van der Waals surface area contributed by atoms with E-state index in [4.69, 9.17) is 0 Å². The van der Waals surface area contributed by atoms with E-state index in [1.165, 1.54) is 0 Å². The summed E-state index contributed by atoms with van der Waals surface area (Å²) in [6.07, 6.45) is 4.34. The zero-order chi connectivity index (χ0) is 20.5. The first kappa shape index (κ1) is 23.2. The van der Waals surface area contributed by atoms with Gasteiger partial charge in [0.1, 0.15) is 0 Å². The molecule has 0 saturated carbocycles. The number of hydrogen-bond acceptors (Lipinski definition) is 5. The number of aliphatic hydroxyl groups is 3. The number of rotatable bonds is 11. The fourth-order valence-electron chi connectivity index (χ4n) is 2.78. The quantitative estimate of drug-likeness (QED) is 0.428. The van der Waals surface area contributed by atoms with Gasteiger partial charge >= 0.3 is 175 Å². The second kappa shape index (κ2) is 11.8. The van der Waals surface area contributed by atoms with E-state index in [1.807, 2.05) is 0 Å². The molecule has 0 saturated heterocycles. The third-order valence-corrected chi connectivity index (χ3v) is 7.94. The Bertz CT molecular complexity index is 793. The van der Waals surface area contributed by atoms with E-state index in [1.54, 1.807) is 36.4 Å². The Balaban J connectivity index is 2.17. The van der Waals surface area contributed by atoms with E-state index in [-0.39, 0.29) is 19.8 Å². The van der Waals surface area contributed by atoms with Crippen molar-refractivity contribution in [2.75, 3.05) is 0 Å². The molecule has 2 aromatic carbocycles. The molecule has 0 radical (unpaired) electrons. The van der Waals surface area contributed by atoms with Crippen molar-refractivity contribution in [3.8, 4) is 0 Å². The Morgan fingerprint density at radius 2 is 1.32 bits per heavy atom. The van der Waals surface area contributed by atoms with Gasteiger partial charge in [-0.25, -0.2) is 0 Å². The number of unbranched alkanes of at least 4 members (excludes halogenated alkanes) is 3. The van der Waals surface area contributed by atoms with Gasteiger partial charge in [0.2, 0.25) is 0 Å². The summed E-state index contributed by atoms with van der Waals surface area (Å²) in [5, 5.41) is 29.2. The molecule has 28 heavy (non-hydrogen) atoms. The first-order valence-corrected chi connectivity index (χ1v) is 12.3. The molecule has 7 heteroatoms. The van der Waals surface area contributed by atoms with Crippen LogP contribution in [0.15, 0.2) is 36.4 Å². The van der Waals surface area contributed by atoms with E-state index in [0.717, 1.165) is 30.2 Å². The van der Waals surface area contributed by atoms with Crippen LogP contribution in [0.4, 0.5) is 0 Å². The Kier molecular flexibility index (Phi) is 9.80. The van der Waals surface area contributed by atoms with Crippen LogP contribution in [0.25, 0.3) is 0 Å². The third kappa shape index (κ3) is 5.96. The summed E-state index contributed by atoms with van der Waals surface area (Å²) in [6, 6.07) is 10.2. The topological polar surface area (TPSA) is 94.8 Å². The predicted octanol–water partition coefficient (Wildman–Crippen LogP) is 1.67. The van der Waals surface area contributed by atoms with Crippen molar-refractivity contribution in [3.63, 3.8) is 0 Å². The van der Waals surface area contributed by atoms with E-state index in [2.05, 4.69) is 6.92 Å². The van der Waals surface area contributed by atoms with Crippen LogP contribution in [-0.4, -0.2) is 15.3 Å². The molecular formula is C21H28Co2O5. The molecule has 0 aliphatic carbocycles. The van der Waals surface area contributed by atoms with Gasteiger partial charge in [0.05, 0.1) is 0 Å². The zero-order valence-electron chi connectivity index (χ0n) is 15.9. The summed E-state index contributed by atoms with van der Waals surface area (Å²) in [5.41, 5.74) is 1.38. The van der Waals surface area contributed by atoms with E-state index >= 15 is 0 Å². The fourth-order valence-corrected chi connectivity index (χ4v) is 5.70. The zero-order valence-corrected chi connectivity index (χ0v) is 18.0. The monoisotopic (exact) mass is 478 g/mol. The summed E-state index contributed by atoms with van der Waals surface area (Å²) < 4.78 is 27.2. The summed E-state index contributed by atoms with van der Waals surface area (Å²) in [6.45, 7) is 1.22. The van der Waals surface area contributed by atoms with Crippen molar-refractivity contribution in [2.24, 2.45) is 0 Å².